The van der Waals surface area contributed by atoms with E-state index in [1.807, 2.05) is 30.3 Å². The molecule has 12 heteroatoms. The maximum atomic E-state index is 12.9. The molecule has 9 nitrogen and oxygen atoms in total. The Bertz CT molecular complexity index is 1240. The smallest absolute Gasteiger partial charge is 0.494 e. The van der Waals surface area contributed by atoms with Gasteiger partial charge in [0.2, 0.25) is 0 Å². The number of carbonyl (C=O) groups excluding carboxylic acids is 1. The lowest BCUT2D eigenvalue weighted by Crippen LogP contribution is -2.38. The van der Waals surface area contributed by atoms with Crippen LogP contribution in [0.3, 0.4) is 0 Å². The van der Waals surface area contributed by atoms with Crippen LogP contribution < -0.4 is 18.9 Å². The lowest BCUT2D eigenvalue weighted by atomic mass is 10.1. The first-order chi connectivity index (χ1) is 20.1. The summed E-state index contributed by atoms with van der Waals surface area (Å²) in [7, 11) is 0. The fourth-order valence-electron chi connectivity index (χ4n) is 3.76. The van der Waals surface area contributed by atoms with E-state index in [-0.39, 0.29) is 38.5 Å². The number of carboxylic acids is 1. The van der Waals surface area contributed by atoms with Crippen LogP contribution in [0, 0.1) is 0 Å². The highest BCUT2D eigenvalue weighted by atomic mass is 19.4. The summed E-state index contributed by atoms with van der Waals surface area (Å²) in [4.78, 5) is 25.7. The Kier molecular flexibility index (Phi) is 12.3. The highest BCUT2D eigenvalue weighted by Crippen LogP contribution is 2.25. The SMILES string of the molecule is CCOC(Cc1ccc(OCCN(CCCOc2ccccc2)C(=O)Oc2ccc(OC(F)(F)F)cc2)cc1)C(=O)O. The molecule has 226 valence electrons. The average molecular weight is 592 g/mol. The molecule has 0 spiro atoms. The third-order valence-electron chi connectivity index (χ3n) is 5.72. The van der Waals surface area contributed by atoms with Crippen LogP contribution in [0.5, 0.6) is 23.0 Å². The first-order valence-electron chi connectivity index (χ1n) is 13.2. The zero-order valence-corrected chi connectivity index (χ0v) is 22.9. The zero-order valence-electron chi connectivity index (χ0n) is 22.9. The number of halogens is 3. The Hall–Kier alpha value is -4.45. The summed E-state index contributed by atoms with van der Waals surface area (Å²) in [5.74, 6) is -0.223. The molecule has 0 saturated carbocycles. The van der Waals surface area contributed by atoms with Crippen LogP contribution in [0.25, 0.3) is 0 Å². The molecule has 0 saturated heterocycles. The average Bonchev–Trinajstić information content (AvgIpc) is 2.95. The second kappa shape index (κ2) is 16.1. The topological polar surface area (TPSA) is 104 Å². The number of aliphatic carboxylic acids is 1. The van der Waals surface area contributed by atoms with Gasteiger partial charge in [-0.25, -0.2) is 9.59 Å². The van der Waals surface area contributed by atoms with E-state index in [1.165, 1.54) is 17.0 Å². The van der Waals surface area contributed by atoms with E-state index in [1.54, 1.807) is 31.2 Å². The molecule has 0 aliphatic heterocycles. The van der Waals surface area contributed by atoms with Gasteiger partial charge in [-0.05, 0) is 67.4 Å². The minimum absolute atomic E-state index is 0.0447. The minimum Gasteiger partial charge on any atom is -0.494 e. The van der Waals surface area contributed by atoms with Crippen molar-refractivity contribution in [1.29, 1.82) is 0 Å². The van der Waals surface area contributed by atoms with E-state index in [0.717, 1.165) is 17.7 Å². The highest BCUT2D eigenvalue weighted by Gasteiger charge is 2.31. The van der Waals surface area contributed by atoms with Crippen molar-refractivity contribution in [3.8, 4) is 23.0 Å². The molecule has 3 aromatic carbocycles. The summed E-state index contributed by atoms with van der Waals surface area (Å²) in [5.41, 5.74) is 0.762. The van der Waals surface area contributed by atoms with Gasteiger partial charge in [0.15, 0.2) is 6.10 Å². The number of ether oxygens (including phenoxy) is 5. The number of hydrogen-bond acceptors (Lipinski definition) is 7. The quantitative estimate of drug-likeness (QED) is 0.204. The first kappa shape index (κ1) is 32.1. The molecule has 1 atom stereocenters. The molecule has 1 N–H and O–H groups in total. The molecule has 0 aliphatic carbocycles. The van der Waals surface area contributed by atoms with Gasteiger partial charge in [0, 0.05) is 19.6 Å². The fraction of sp³-hybridized carbons (Fsp3) is 0.333. The maximum Gasteiger partial charge on any atom is 0.573 e. The van der Waals surface area contributed by atoms with Crippen molar-refractivity contribution < 1.29 is 51.6 Å². The molecule has 0 fully saturated rings. The van der Waals surface area contributed by atoms with Crippen LogP contribution in [0.2, 0.25) is 0 Å². The number of amides is 1. The van der Waals surface area contributed by atoms with Crippen LogP contribution >= 0.6 is 0 Å². The van der Waals surface area contributed by atoms with E-state index < -0.39 is 30.3 Å². The maximum absolute atomic E-state index is 12.9. The van der Waals surface area contributed by atoms with Crippen molar-refractivity contribution >= 4 is 12.1 Å². The van der Waals surface area contributed by atoms with E-state index in [2.05, 4.69) is 4.74 Å². The number of alkyl halides is 3. The molecule has 0 radical (unpaired) electrons. The van der Waals surface area contributed by atoms with Crippen molar-refractivity contribution in [2.45, 2.75) is 32.2 Å². The number of hydrogen-bond donors (Lipinski definition) is 1. The van der Waals surface area contributed by atoms with Crippen molar-refractivity contribution in [1.82, 2.24) is 4.90 Å². The second-order valence-corrected chi connectivity index (χ2v) is 8.87. The lowest BCUT2D eigenvalue weighted by Gasteiger charge is -2.22. The van der Waals surface area contributed by atoms with Gasteiger partial charge in [-0.2, -0.15) is 0 Å². The third kappa shape index (κ3) is 11.6. The van der Waals surface area contributed by atoms with Gasteiger partial charge >= 0.3 is 18.4 Å². The molecular formula is C30H32F3NO8. The zero-order chi connectivity index (χ0) is 30.4. The van der Waals surface area contributed by atoms with Crippen molar-refractivity contribution in [2.75, 3.05) is 32.9 Å². The number of rotatable bonds is 16. The summed E-state index contributed by atoms with van der Waals surface area (Å²) in [6.45, 7) is 2.87. The first-order valence-corrected chi connectivity index (χ1v) is 13.2. The molecule has 42 heavy (non-hydrogen) atoms. The predicted octanol–water partition coefficient (Wildman–Crippen LogP) is 5.97. The van der Waals surface area contributed by atoms with Gasteiger partial charge in [-0.3, -0.25) is 0 Å². The lowest BCUT2D eigenvalue weighted by molar-refractivity contribution is -0.274. The Morgan fingerprint density at radius 2 is 1.40 bits per heavy atom. The second-order valence-electron chi connectivity index (χ2n) is 8.87. The summed E-state index contributed by atoms with van der Waals surface area (Å²) >= 11 is 0. The minimum atomic E-state index is -4.83. The number of carbonyl (C=O) groups is 2. The van der Waals surface area contributed by atoms with Crippen LogP contribution in [0.1, 0.15) is 18.9 Å². The summed E-state index contributed by atoms with van der Waals surface area (Å²) < 4.78 is 63.2. The molecule has 0 aliphatic rings. The van der Waals surface area contributed by atoms with Gasteiger partial charge in [0.1, 0.15) is 29.6 Å². The van der Waals surface area contributed by atoms with Crippen molar-refractivity contribution in [3.05, 3.63) is 84.4 Å². The largest absolute Gasteiger partial charge is 0.573 e. The number of nitrogens with zero attached hydrogens (tertiary/aromatic N) is 1. The third-order valence-corrected chi connectivity index (χ3v) is 5.72. The number of carboxylic acid groups (broad SMARTS) is 1. The van der Waals surface area contributed by atoms with Gasteiger partial charge in [-0.1, -0.05) is 30.3 Å². The molecule has 1 amide bonds. The monoisotopic (exact) mass is 591 g/mol. The summed E-state index contributed by atoms with van der Waals surface area (Å²) in [5, 5.41) is 9.27. The van der Waals surface area contributed by atoms with E-state index in [9.17, 15) is 27.9 Å². The van der Waals surface area contributed by atoms with E-state index in [0.29, 0.717) is 24.5 Å². The fourth-order valence-corrected chi connectivity index (χ4v) is 3.76. The Labute approximate surface area is 241 Å². The van der Waals surface area contributed by atoms with Crippen LogP contribution in [0.4, 0.5) is 18.0 Å². The molecule has 0 heterocycles. The molecule has 1 unspecified atom stereocenters. The Balaban J connectivity index is 1.56. The van der Waals surface area contributed by atoms with Gasteiger partial charge in [0.25, 0.3) is 0 Å². The standard InChI is InChI=1S/C30H32F3NO8/c1-2-38-27(28(35)36)21-22-9-11-24(12-10-22)40-20-18-34(17-6-19-39-23-7-4-3-5-8-23)29(37)41-25-13-15-26(16-14-25)42-30(31,32)33/h3-5,7-16,27H,2,6,17-21H2,1H3,(H,35,36). The molecule has 3 rings (SSSR count). The number of para-hydroxylation sites is 1. The van der Waals surface area contributed by atoms with Crippen molar-refractivity contribution in [2.24, 2.45) is 0 Å². The van der Waals surface area contributed by atoms with E-state index in [4.69, 9.17) is 18.9 Å². The van der Waals surface area contributed by atoms with E-state index >= 15 is 0 Å². The number of benzene rings is 3. The Morgan fingerprint density at radius 3 is 2.02 bits per heavy atom. The Morgan fingerprint density at radius 1 is 0.810 bits per heavy atom. The van der Waals surface area contributed by atoms with Crippen molar-refractivity contribution in [3.63, 3.8) is 0 Å². The normalized spacial score (nSPS) is 11.8. The molecule has 3 aromatic rings. The molecular weight excluding hydrogens is 559 g/mol. The van der Waals surface area contributed by atoms with Gasteiger partial charge in [0.05, 0.1) is 13.2 Å². The van der Waals surface area contributed by atoms with Crippen LogP contribution in [-0.4, -0.2) is 67.4 Å². The summed E-state index contributed by atoms with van der Waals surface area (Å²) in [6.07, 6.45) is -5.81. The molecule has 0 aromatic heterocycles. The van der Waals surface area contributed by atoms with Gasteiger partial charge < -0.3 is 33.7 Å². The van der Waals surface area contributed by atoms with Crippen LogP contribution in [0.15, 0.2) is 78.9 Å². The van der Waals surface area contributed by atoms with Crippen LogP contribution in [-0.2, 0) is 16.0 Å². The predicted molar refractivity (Wildman–Crippen MR) is 146 cm³/mol. The van der Waals surface area contributed by atoms with Gasteiger partial charge in [-0.15, -0.1) is 13.2 Å². The summed E-state index contributed by atoms with van der Waals surface area (Å²) in [6, 6.07) is 20.6. The highest BCUT2D eigenvalue weighted by molar-refractivity contribution is 5.72. The molecule has 0 bridgehead atoms.